The zero-order valence-electron chi connectivity index (χ0n) is 29.6. The minimum atomic E-state index is -4.66. The summed E-state index contributed by atoms with van der Waals surface area (Å²) < 4.78 is 50.0. The third-order valence-electron chi connectivity index (χ3n) is 11.0. The Hall–Kier alpha value is -5.58. The first-order chi connectivity index (χ1) is 25.9. The first-order valence-electron chi connectivity index (χ1n) is 17.9. The molecule has 4 aromatic heterocycles. The van der Waals surface area contributed by atoms with E-state index in [4.69, 9.17) is 4.74 Å². The molecule has 5 aromatic rings. The molecule has 2 saturated heterocycles. The molecule has 1 aromatic carbocycles. The van der Waals surface area contributed by atoms with Gasteiger partial charge in [-0.25, -0.2) is 14.8 Å². The summed E-state index contributed by atoms with van der Waals surface area (Å²) in [6.07, 6.45) is 2.88. The van der Waals surface area contributed by atoms with Crippen LogP contribution in [0.5, 0.6) is 5.75 Å². The number of likely N-dealkylation sites (tertiary alicyclic amines) is 1. The number of carbonyl (C=O) groups is 3. The number of nitrogens with zero attached hydrogens (tertiary/aromatic N) is 7. The van der Waals surface area contributed by atoms with E-state index in [2.05, 4.69) is 30.6 Å². The number of aryl methyl sites for hydroxylation is 1. The highest BCUT2D eigenvalue weighted by Gasteiger charge is 2.37. The molecule has 17 heteroatoms. The number of fused-ring (bicyclic) bond motifs is 2. The van der Waals surface area contributed by atoms with Gasteiger partial charge in [-0.3, -0.25) is 33.5 Å². The second-order valence-corrected chi connectivity index (χ2v) is 14.4. The van der Waals surface area contributed by atoms with E-state index in [1.54, 1.807) is 24.8 Å². The molecule has 1 atom stereocenters. The number of nitrogens with one attached hydrogen (secondary N) is 2. The molecule has 3 amide bonds. The molecule has 0 radical (unpaired) electrons. The molecule has 3 fully saturated rings. The second-order valence-electron chi connectivity index (χ2n) is 14.4. The molecular weight excluding hydrogens is 707 g/mol. The molecule has 14 nitrogen and oxygen atoms in total. The predicted molar refractivity (Wildman–Crippen MR) is 190 cm³/mol. The third-order valence-corrected chi connectivity index (χ3v) is 11.0. The average molecular weight is 746 g/mol. The van der Waals surface area contributed by atoms with E-state index in [0.29, 0.717) is 22.7 Å². The SMILES string of the molecule is COc1ccc2c(c1C1CCN(CC3CC(n4cc5cc(NC(=O)c6cccc(C(F)(F)F)n6)ncc5n4)C3)CC1)n(C)c(=O)n2C1CCC(=O)NC1=O. The van der Waals surface area contributed by atoms with Crippen LogP contribution in [0, 0.1) is 5.92 Å². The fourth-order valence-corrected chi connectivity index (χ4v) is 8.22. The fourth-order valence-electron chi connectivity index (χ4n) is 8.22. The number of methoxy groups -OCH3 is 1. The lowest BCUT2D eigenvalue weighted by Gasteiger charge is -2.41. The number of alkyl halides is 3. The monoisotopic (exact) mass is 745 g/mol. The van der Waals surface area contributed by atoms with Gasteiger partial charge in [-0.15, -0.1) is 0 Å². The maximum Gasteiger partial charge on any atom is 0.433 e. The number of imide groups is 1. The van der Waals surface area contributed by atoms with Gasteiger partial charge in [0.2, 0.25) is 11.8 Å². The van der Waals surface area contributed by atoms with Crippen molar-refractivity contribution in [2.45, 2.75) is 62.7 Å². The minimum absolute atomic E-state index is 0.151. The van der Waals surface area contributed by atoms with E-state index < -0.39 is 29.7 Å². The van der Waals surface area contributed by atoms with Gasteiger partial charge in [-0.2, -0.15) is 18.3 Å². The van der Waals surface area contributed by atoms with Crippen molar-refractivity contribution in [2.24, 2.45) is 13.0 Å². The highest BCUT2D eigenvalue weighted by molar-refractivity contribution is 6.03. The van der Waals surface area contributed by atoms with Gasteiger partial charge in [0, 0.05) is 37.2 Å². The Morgan fingerprint density at radius 2 is 1.85 bits per heavy atom. The van der Waals surface area contributed by atoms with Crippen molar-refractivity contribution in [2.75, 3.05) is 32.1 Å². The van der Waals surface area contributed by atoms with Gasteiger partial charge in [0.15, 0.2) is 0 Å². The number of rotatable bonds is 8. The summed E-state index contributed by atoms with van der Waals surface area (Å²) in [6, 6.07) is 7.94. The molecule has 6 heterocycles. The quantitative estimate of drug-likeness (QED) is 0.217. The number of aromatic nitrogens is 6. The zero-order chi connectivity index (χ0) is 37.9. The van der Waals surface area contributed by atoms with E-state index in [0.717, 1.165) is 73.9 Å². The van der Waals surface area contributed by atoms with E-state index in [9.17, 15) is 32.3 Å². The number of imidazole rings is 1. The van der Waals surface area contributed by atoms with Crippen molar-refractivity contribution in [3.8, 4) is 5.75 Å². The standard InChI is InChI=1S/C37H38F3N9O5/c1-46-33-26(49(36(46)53)27-7-9-31(50)44-35(27)52)6-8-28(54-2)32(33)21-10-12-47(13-11-21)18-20-14-23(15-20)48-19-22-16-30(41-17-25(22)45-48)43-34(51)24-4-3-5-29(42-24)37(38,39)40/h3-6,8,16-17,19-21,23,27H,7,9-15,18H2,1-2H3,(H,43,51)(H,44,50,52). The smallest absolute Gasteiger partial charge is 0.433 e. The molecule has 54 heavy (non-hydrogen) atoms. The normalized spacial score (nSPS) is 21.3. The third kappa shape index (κ3) is 6.50. The molecule has 0 spiro atoms. The van der Waals surface area contributed by atoms with Crippen LogP contribution >= 0.6 is 0 Å². The molecule has 3 aliphatic rings. The first kappa shape index (κ1) is 35.4. The van der Waals surface area contributed by atoms with Crippen LogP contribution < -0.4 is 21.1 Å². The number of carbonyl (C=O) groups excluding carboxylic acids is 3. The van der Waals surface area contributed by atoms with Crippen LogP contribution in [0.3, 0.4) is 0 Å². The molecule has 0 bridgehead atoms. The molecule has 1 unspecified atom stereocenters. The van der Waals surface area contributed by atoms with Crippen LogP contribution in [0.4, 0.5) is 19.0 Å². The van der Waals surface area contributed by atoms with Gasteiger partial charge in [-0.1, -0.05) is 6.07 Å². The van der Waals surface area contributed by atoms with Crippen molar-refractivity contribution >= 4 is 45.5 Å². The Morgan fingerprint density at radius 3 is 2.57 bits per heavy atom. The molecular formula is C37H38F3N9O5. The number of pyridine rings is 2. The summed E-state index contributed by atoms with van der Waals surface area (Å²) in [5, 5.41) is 10.3. The van der Waals surface area contributed by atoms with E-state index in [-0.39, 0.29) is 47.9 Å². The number of anilines is 1. The summed E-state index contributed by atoms with van der Waals surface area (Å²) in [6.45, 7) is 2.72. The molecule has 282 valence electrons. The lowest BCUT2D eigenvalue weighted by atomic mass is 9.79. The fraction of sp³-hybridized carbons (Fsp3) is 0.432. The molecule has 2 N–H and O–H groups in total. The number of amides is 3. The van der Waals surface area contributed by atoms with E-state index in [1.165, 1.54) is 16.8 Å². The van der Waals surface area contributed by atoms with Crippen molar-refractivity contribution in [3.05, 3.63) is 76.2 Å². The highest BCUT2D eigenvalue weighted by atomic mass is 19.4. The van der Waals surface area contributed by atoms with Crippen molar-refractivity contribution < 1.29 is 32.3 Å². The van der Waals surface area contributed by atoms with Crippen LogP contribution in [0.2, 0.25) is 0 Å². The number of piperidine rings is 2. The summed E-state index contributed by atoms with van der Waals surface area (Å²) >= 11 is 0. The summed E-state index contributed by atoms with van der Waals surface area (Å²) in [5.74, 6) is -0.0476. The van der Waals surface area contributed by atoms with Gasteiger partial charge in [0.05, 0.1) is 30.4 Å². The summed E-state index contributed by atoms with van der Waals surface area (Å²) in [4.78, 5) is 60.9. The van der Waals surface area contributed by atoms with Gasteiger partial charge in [-0.05, 0) is 87.4 Å². The Bertz CT molecular complexity index is 2350. The lowest BCUT2D eigenvalue weighted by molar-refractivity contribution is -0.141. The maximum atomic E-state index is 13.5. The summed E-state index contributed by atoms with van der Waals surface area (Å²) in [5.41, 5.74) is 1.22. The number of hydrogen-bond acceptors (Lipinski definition) is 9. The number of halogens is 3. The largest absolute Gasteiger partial charge is 0.496 e. The van der Waals surface area contributed by atoms with Gasteiger partial charge in [0.1, 0.15) is 34.5 Å². The maximum absolute atomic E-state index is 13.5. The Balaban J connectivity index is 0.888. The minimum Gasteiger partial charge on any atom is -0.496 e. The second kappa shape index (κ2) is 13.7. The van der Waals surface area contributed by atoms with Gasteiger partial charge >= 0.3 is 11.9 Å². The van der Waals surface area contributed by atoms with Crippen LogP contribution in [0.15, 0.2) is 53.6 Å². The molecule has 2 aliphatic heterocycles. The molecule has 8 rings (SSSR count). The van der Waals surface area contributed by atoms with Gasteiger partial charge in [0.25, 0.3) is 5.91 Å². The highest BCUT2D eigenvalue weighted by Crippen LogP contribution is 2.42. The van der Waals surface area contributed by atoms with E-state index in [1.807, 2.05) is 23.0 Å². The Kier molecular flexibility index (Phi) is 8.98. The van der Waals surface area contributed by atoms with Crippen LogP contribution in [-0.4, -0.2) is 78.2 Å². The zero-order valence-corrected chi connectivity index (χ0v) is 29.6. The average Bonchev–Trinajstić information content (AvgIpc) is 3.66. The van der Waals surface area contributed by atoms with Crippen LogP contribution in [0.1, 0.15) is 78.3 Å². The van der Waals surface area contributed by atoms with Crippen LogP contribution in [0.25, 0.3) is 21.9 Å². The van der Waals surface area contributed by atoms with Gasteiger partial charge < -0.3 is 15.0 Å². The predicted octanol–water partition coefficient (Wildman–Crippen LogP) is 4.57. The van der Waals surface area contributed by atoms with Crippen molar-refractivity contribution in [1.82, 2.24) is 39.1 Å². The van der Waals surface area contributed by atoms with E-state index >= 15 is 0 Å². The topological polar surface area (TPSA) is 158 Å². The Labute approximate surface area is 306 Å². The van der Waals surface area contributed by atoms with Crippen molar-refractivity contribution in [3.63, 3.8) is 0 Å². The summed E-state index contributed by atoms with van der Waals surface area (Å²) in [7, 11) is 3.34. The van der Waals surface area contributed by atoms with Crippen molar-refractivity contribution in [1.29, 1.82) is 0 Å². The number of hydrogen-bond donors (Lipinski definition) is 2. The molecule has 1 aliphatic carbocycles. The molecule has 1 saturated carbocycles. The number of ether oxygens (including phenoxy) is 1. The number of benzene rings is 1. The first-order valence-corrected chi connectivity index (χ1v) is 17.9. The Morgan fingerprint density at radius 1 is 1.07 bits per heavy atom. The lowest BCUT2D eigenvalue weighted by Crippen LogP contribution is -2.44. The van der Waals surface area contributed by atoms with Crippen LogP contribution in [-0.2, 0) is 22.8 Å².